The number of carbonyl (C=O) groups excluding carboxylic acids is 1. The lowest BCUT2D eigenvalue weighted by Gasteiger charge is -2.14. The van der Waals surface area contributed by atoms with E-state index in [-0.39, 0.29) is 40.0 Å². The SMILES string of the molecule is CCC(Cc1ccc(Cl)c(-c2nc(-c3ccc(OC(F)F)nc3)cc(=O)[nH]2)c1F)C(N)=O. The molecule has 32 heavy (non-hydrogen) atoms. The fraction of sp³-hybridized carbons (Fsp3) is 0.238. The number of ether oxygens (including phenoxy) is 1. The van der Waals surface area contributed by atoms with E-state index >= 15 is 4.39 Å². The lowest BCUT2D eigenvalue weighted by Crippen LogP contribution is -2.24. The first-order valence-corrected chi connectivity index (χ1v) is 9.86. The number of rotatable bonds is 8. The summed E-state index contributed by atoms with van der Waals surface area (Å²) >= 11 is 6.20. The van der Waals surface area contributed by atoms with Gasteiger partial charge in [0.25, 0.3) is 5.56 Å². The van der Waals surface area contributed by atoms with Gasteiger partial charge in [0, 0.05) is 29.8 Å². The van der Waals surface area contributed by atoms with Gasteiger partial charge >= 0.3 is 6.61 Å². The number of amides is 1. The van der Waals surface area contributed by atoms with E-state index in [2.05, 4.69) is 19.7 Å². The highest BCUT2D eigenvalue weighted by Gasteiger charge is 2.21. The molecule has 1 atom stereocenters. The van der Waals surface area contributed by atoms with E-state index in [1.807, 2.05) is 0 Å². The molecule has 0 aliphatic carbocycles. The molecule has 2 aromatic heterocycles. The number of nitrogens with one attached hydrogen (secondary N) is 1. The molecule has 1 unspecified atom stereocenters. The lowest BCUT2D eigenvalue weighted by atomic mass is 9.94. The molecular formula is C21H18ClF3N4O3. The van der Waals surface area contributed by atoms with Crippen molar-refractivity contribution in [2.75, 3.05) is 0 Å². The monoisotopic (exact) mass is 466 g/mol. The van der Waals surface area contributed by atoms with Crippen molar-refractivity contribution in [3.8, 4) is 28.5 Å². The molecule has 0 saturated carbocycles. The van der Waals surface area contributed by atoms with Gasteiger partial charge in [0.15, 0.2) is 0 Å². The second kappa shape index (κ2) is 9.82. The lowest BCUT2D eigenvalue weighted by molar-refractivity contribution is -0.121. The number of alkyl halides is 2. The molecular weight excluding hydrogens is 449 g/mol. The van der Waals surface area contributed by atoms with Crippen LogP contribution in [0.3, 0.4) is 0 Å². The van der Waals surface area contributed by atoms with Crippen LogP contribution in [-0.4, -0.2) is 27.5 Å². The van der Waals surface area contributed by atoms with E-state index in [0.29, 0.717) is 12.0 Å². The first-order chi connectivity index (χ1) is 15.2. The van der Waals surface area contributed by atoms with Gasteiger partial charge in [-0.25, -0.2) is 14.4 Å². The number of halogens is 4. The minimum atomic E-state index is -3.03. The summed E-state index contributed by atoms with van der Waals surface area (Å²) in [5, 5.41) is -0.00233. The number of hydrogen-bond acceptors (Lipinski definition) is 5. The molecule has 3 aromatic rings. The maximum atomic E-state index is 15.3. The van der Waals surface area contributed by atoms with Gasteiger partial charge in [-0.2, -0.15) is 8.78 Å². The van der Waals surface area contributed by atoms with Crippen molar-refractivity contribution in [3.63, 3.8) is 0 Å². The summed E-state index contributed by atoms with van der Waals surface area (Å²) in [6, 6.07) is 6.59. The van der Waals surface area contributed by atoms with Crippen LogP contribution in [-0.2, 0) is 11.2 Å². The Morgan fingerprint density at radius 2 is 2.03 bits per heavy atom. The van der Waals surface area contributed by atoms with Crippen molar-refractivity contribution in [2.24, 2.45) is 11.7 Å². The molecule has 3 rings (SSSR count). The van der Waals surface area contributed by atoms with Crippen LogP contribution in [0.15, 0.2) is 41.3 Å². The minimum absolute atomic E-state index is 0.00233. The Balaban J connectivity index is 2.03. The molecule has 0 saturated heterocycles. The van der Waals surface area contributed by atoms with Crippen molar-refractivity contribution in [3.05, 3.63) is 63.3 Å². The number of nitrogens with zero attached hydrogens (tertiary/aromatic N) is 2. The molecule has 0 radical (unpaired) electrons. The van der Waals surface area contributed by atoms with E-state index < -0.39 is 29.8 Å². The Hall–Kier alpha value is -3.40. The molecule has 0 bridgehead atoms. The highest BCUT2D eigenvalue weighted by atomic mass is 35.5. The van der Waals surface area contributed by atoms with E-state index in [0.717, 1.165) is 6.07 Å². The molecule has 0 spiro atoms. The maximum Gasteiger partial charge on any atom is 0.388 e. The molecule has 11 heteroatoms. The van der Waals surface area contributed by atoms with E-state index in [4.69, 9.17) is 17.3 Å². The van der Waals surface area contributed by atoms with Crippen LogP contribution >= 0.6 is 11.6 Å². The third-order valence-electron chi connectivity index (χ3n) is 4.75. The number of aromatic nitrogens is 3. The van der Waals surface area contributed by atoms with Crippen LogP contribution in [0.5, 0.6) is 5.88 Å². The molecule has 1 aromatic carbocycles. The first kappa shape index (κ1) is 23.3. The highest BCUT2D eigenvalue weighted by Crippen LogP contribution is 2.32. The Morgan fingerprint density at radius 3 is 2.62 bits per heavy atom. The molecule has 0 aliphatic rings. The predicted octanol–water partition coefficient (Wildman–Crippen LogP) is 3.95. The van der Waals surface area contributed by atoms with Gasteiger partial charge in [0.05, 0.1) is 16.3 Å². The molecule has 0 aliphatic heterocycles. The standard InChI is InChI=1S/C21H18ClF3N4O3/c1-2-10(19(26)31)7-11-3-5-13(22)17(18(11)23)20-28-14(8-15(30)29-20)12-4-6-16(27-9-12)32-21(24)25/h3-6,8-10,21H,2,7H2,1H3,(H2,26,31)(H,28,29,30). The topological polar surface area (TPSA) is 111 Å². The quantitative estimate of drug-likeness (QED) is 0.522. The van der Waals surface area contributed by atoms with E-state index in [9.17, 15) is 18.4 Å². The third-order valence-corrected chi connectivity index (χ3v) is 5.07. The maximum absolute atomic E-state index is 15.3. The predicted molar refractivity (Wildman–Crippen MR) is 112 cm³/mol. The Kier molecular flexibility index (Phi) is 7.14. The van der Waals surface area contributed by atoms with E-state index in [1.54, 1.807) is 6.92 Å². The number of benzene rings is 1. The molecule has 7 nitrogen and oxygen atoms in total. The minimum Gasteiger partial charge on any atom is -0.417 e. The van der Waals surface area contributed by atoms with Gasteiger partial charge < -0.3 is 15.5 Å². The van der Waals surface area contributed by atoms with Gasteiger partial charge in [-0.05, 0) is 30.5 Å². The highest BCUT2D eigenvalue weighted by molar-refractivity contribution is 6.33. The first-order valence-electron chi connectivity index (χ1n) is 9.48. The van der Waals surface area contributed by atoms with Gasteiger partial charge in [-0.15, -0.1) is 0 Å². The molecule has 1 amide bonds. The number of pyridine rings is 1. The summed E-state index contributed by atoms with van der Waals surface area (Å²) in [5.74, 6) is -2.32. The fourth-order valence-corrected chi connectivity index (χ4v) is 3.33. The number of carbonyl (C=O) groups is 1. The number of primary amides is 1. The zero-order valence-corrected chi connectivity index (χ0v) is 17.5. The second-order valence-corrected chi connectivity index (χ2v) is 7.26. The Bertz CT molecular complexity index is 1190. The summed E-state index contributed by atoms with van der Waals surface area (Å²) in [4.78, 5) is 34.2. The van der Waals surface area contributed by atoms with Crippen LogP contribution in [0, 0.1) is 11.7 Å². The normalized spacial score (nSPS) is 12.1. The van der Waals surface area contributed by atoms with Gasteiger partial charge in [-0.3, -0.25) is 9.59 Å². The van der Waals surface area contributed by atoms with Crippen molar-refractivity contribution < 1.29 is 22.7 Å². The summed E-state index contributed by atoms with van der Waals surface area (Å²) in [6.07, 6.45) is 1.67. The smallest absolute Gasteiger partial charge is 0.388 e. The average molecular weight is 467 g/mol. The van der Waals surface area contributed by atoms with Gasteiger partial charge in [0.1, 0.15) is 11.6 Å². The van der Waals surface area contributed by atoms with Crippen LogP contribution in [0.25, 0.3) is 22.6 Å². The number of nitrogens with two attached hydrogens (primary N) is 1. The largest absolute Gasteiger partial charge is 0.417 e. The summed E-state index contributed by atoms with van der Waals surface area (Å²) in [7, 11) is 0. The summed E-state index contributed by atoms with van der Waals surface area (Å²) in [5.41, 5.74) is 5.24. The van der Waals surface area contributed by atoms with Crippen molar-refractivity contribution >= 4 is 17.5 Å². The zero-order chi connectivity index (χ0) is 23.4. The van der Waals surface area contributed by atoms with Gasteiger partial charge in [-0.1, -0.05) is 24.6 Å². The van der Waals surface area contributed by atoms with Crippen molar-refractivity contribution in [2.45, 2.75) is 26.4 Å². The van der Waals surface area contributed by atoms with Crippen LogP contribution in [0.2, 0.25) is 5.02 Å². The van der Waals surface area contributed by atoms with Crippen LogP contribution in [0.1, 0.15) is 18.9 Å². The van der Waals surface area contributed by atoms with Crippen LogP contribution in [0.4, 0.5) is 13.2 Å². The molecule has 168 valence electrons. The van der Waals surface area contributed by atoms with Crippen molar-refractivity contribution in [1.82, 2.24) is 15.0 Å². The van der Waals surface area contributed by atoms with E-state index in [1.165, 1.54) is 30.5 Å². The van der Waals surface area contributed by atoms with Crippen molar-refractivity contribution in [1.29, 1.82) is 0 Å². The summed E-state index contributed by atoms with van der Waals surface area (Å²) in [6.45, 7) is -1.27. The Labute approximate surface area is 185 Å². The zero-order valence-electron chi connectivity index (χ0n) is 16.7. The molecule has 2 heterocycles. The van der Waals surface area contributed by atoms with Crippen LogP contribution < -0.4 is 16.0 Å². The summed E-state index contributed by atoms with van der Waals surface area (Å²) < 4.78 is 44.1. The molecule has 0 fully saturated rings. The fourth-order valence-electron chi connectivity index (χ4n) is 3.10. The average Bonchev–Trinajstić information content (AvgIpc) is 2.73. The Morgan fingerprint density at radius 1 is 1.28 bits per heavy atom. The number of aromatic amines is 1. The number of H-pyrrole nitrogens is 1. The molecule has 3 N–H and O–H groups in total. The second-order valence-electron chi connectivity index (χ2n) is 6.85. The van der Waals surface area contributed by atoms with Gasteiger partial charge in [0.2, 0.25) is 11.8 Å². The third kappa shape index (κ3) is 5.25. The number of hydrogen-bond donors (Lipinski definition) is 2.